The quantitative estimate of drug-likeness (QED) is 0.194. The van der Waals surface area contributed by atoms with E-state index in [-0.39, 0.29) is 0 Å². The fraction of sp³-hybridized carbons (Fsp3) is 0. The molecule has 0 aliphatic carbocycles. The van der Waals surface area contributed by atoms with Crippen LogP contribution in [0.15, 0.2) is 124 Å². The van der Waals surface area contributed by atoms with Crippen molar-refractivity contribution in [2.24, 2.45) is 0 Å². The van der Waals surface area contributed by atoms with E-state index in [1.807, 2.05) is 78.9 Å². The zero-order chi connectivity index (χ0) is 26.3. The average molecular weight is 633 g/mol. The van der Waals surface area contributed by atoms with Gasteiger partial charge in [-0.15, -0.1) is 0 Å². The number of ether oxygens (including phenoxy) is 1. The molecule has 0 unspecified atom stereocenters. The number of aromatic nitrogens is 3. The van der Waals surface area contributed by atoms with Crippen molar-refractivity contribution < 1.29 is 4.74 Å². The van der Waals surface area contributed by atoms with Gasteiger partial charge in [0, 0.05) is 31.2 Å². The van der Waals surface area contributed by atoms with Gasteiger partial charge < -0.3 is 4.74 Å². The maximum Gasteiger partial charge on any atom is 0.167 e. The number of rotatable bonds is 3. The van der Waals surface area contributed by atoms with Crippen LogP contribution in [0.1, 0.15) is 0 Å². The van der Waals surface area contributed by atoms with Crippen LogP contribution >= 0.6 is 31.9 Å². The van der Waals surface area contributed by atoms with Crippen molar-refractivity contribution in [1.82, 2.24) is 15.0 Å². The van der Waals surface area contributed by atoms with Gasteiger partial charge >= 0.3 is 0 Å². The number of fused-ring (bicyclic) bond motifs is 5. The van der Waals surface area contributed by atoms with Gasteiger partial charge in [0.25, 0.3) is 0 Å². The molecule has 0 N–H and O–H groups in total. The first-order valence-electron chi connectivity index (χ1n) is 12.4. The van der Waals surface area contributed by atoms with Crippen LogP contribution in [0.4, 0.5) is 0 Å². The second kappa shape index (κ2) is 9.88. The van der Waals surface area contributed by atoms with E-state index >= 15 is 0 Å². The molecule has 7 rings (SSSR count). The first kappa shape index (κ1) is 23.9. The minimum atomic E-state index is 0.540. The summed E-state index contributed by atoms with van der Waals surface area (Å²) in [5.41, 5.74) is 6.77. The van der Waals surface area contributed by atoms with E-state index in [2.05, 4.69) is 68.3 Å². The summed E-state index contributed by atoms with van der Waals surface area (Å²) in [6, 6.07) is 38.5. The van der Waals surface area contributed by atoms with Crippen LogP contribution in [0, 0.1) is 0 Å². The van der Waals surface area contributed by atoms with Crippen LogP contribution in [-0.4, -0.2) is 15.0 Å². The summed E-state index contributed by atoms with van der Waals surface area (Å²) < 4.78 is 8.63. The van der Waals surface area contributed by atoms with E-state index in [1.54, 1.807) is 0 Å². The van der Waals surface area contributed by atoms with Crippen LogP contribution in [0.5, 0.6) is 11.5 Å². The third-order valence-electron chi connectivity index (χ3n) is 6.66. The predicted molar refractivity (Wildman–Crippen MR) is 162 cm³/mol. The monoisotopic (exact) mass is 631 g/mol. The van der Waals surface area contributed by atoms with Gasteiger partial charge in [0.05, 0.1) is 5.56 Å². The Hall–Kier alpha value is -4.13. The minimum Gasteiger partial charge on any atom is -0.455 e. The lowest BCUT2D eigenvalue weighted by Gasteiger charge is -2.16. The Morgan fingerprint density at radius 2 is 0.949 bits per heavy atom. The zero-order valence-corrected chi connectivity index (χ0v) is 23.6. The molecule has 0 saturated heterocycles. The zero-order valence-electron chi connectivity index (χ0n) is 20.5. The van der Waals surface area contributed by atoms with Crippen LogP contribution in [0.3, 0.4) is 0 Å². The topological polar surface area (TPSA) is 47.9 Å². The Labute approximate surface area is 242 Å². The highest BCUT2D eigenvalue weighted by molar-refractivity contribution is 9.10. The number of hydrogen-bond acceptors (Lipinski definition) is 4. The highest BCUT2D eigenvalue weighted by Crippen LogP contribution is 2.51. The highest BCUT2D eigenvalue weighted by Gasteiger charge is 2.26. The summed E-state index contributed by atoms with van der Waals surface area (Å²) in [7, 11) is 0. The lowest BCUT2D eigenvalue weighted by Crippen LogP contribution is -2.01. The number of hydrogen-bond donors (Lipinski definition) is 0. The number of nitrogens with zero attached hydrogens (tertiary/aromatic N) is 3. The Morgan fingerprint density at radius 1 is 0.436 bits per heavy atom. The summed E-state index contributed by atoms with van der Waals surface area (Å²) in [4.78, 5) is 14.8. The van der Waals surface area contributed by atoms with Gasteiger partial charge in [0.15, 0.2) is 17.5 Å². The summed E-state index contributed by atoms with van der Waals surface area (Å²) >= 11 is 7.39. The molecule has 0 fully saturated rings. The highest BCUT2D eigenvalue weighted by atomic mass is 79.9. The first-order chi connectivity index (χ1) is 19.1. The van der Waals surface area contributed by atoms with Crippen molar-refractivity contribution in [2.45, 2.75) is 0 Å². The fourth-order valence-corrected chi connectivity index (χ4v) is 5.68. The van der Waals surface area contributed by atoms with Crippen molar-refractivity contribution in [3.63, 3.8) is 0 Å². The SMILES string of the molecule is Brc1ccc2c(c1)-c1ccccc1-c1cc(Br)cc(-c3nc(-c4ccccc4)nc(-c4ccccc4)n3)c1O2. The smallest absolute Gasteiger partial charge is 0.167 e. The van der Waals surface area contributed by atoms with Gasteiger partial charge in [-0.3, -0.25) is 0 Å². The molecule has 39 heavy (non-hydrogen) atoms. The third-order valence-corrected chi connectivity index (χ3v) is 7.61. The van der Waals surface area contributed by atoms with Gasteiger partial charge in [0.1, 0.15) is 11.5 Å². The molecule has 0 atom stereocenters. The second-order valence-corrected chi connectivity index (χ2v) is 11.0. The summed E-state index contributed by atoms with van der Waals surface area (Å²) in [5, 5.41) is 0. The minimum absolute atomic E-state index is 0.540. The summed E-state index contributed by atoms with van der Waals surface area (Å²) in [6.45, 7) is 0. The predicted octanol–water partition coefficient (Wildman–Crippen LogP) is 9.84. The van der Waals surface area contributed by atoms with E-state index in [9.17, 15) is 0 Å². The first-order valence-corrected chi connectivity index (χ1v) is 14.0. The standard InChI is InChI=1S/C33H19Br2N3O/c34-22-15-16-29-26(17-22)24-13-7-8-14-25(24)27-18-23(35)19-28(30(27)39-29)33-37-31(20-9-3-1-4-10-20)36-32(38-33)21-11-5-2-6-12-21/h1-19H. The lowest BCUT2D eigenvalue weighted by atomic mass is 9.93. The molecule has 0 bridgehead atoms. The molecule has 0 spiro atoms. The molecule has 0 amide bonds. The van der Waals surface area contributed by atoms with Crippen LogP contribution in [0.25, 0.3) is 56.4 Å². The van der Waals surface area contributed by atoms with Crippen LogP contribution in [-0.2, 0) is 0 Å². The molecular weight excluding hydrogens is 614 g/mol. The molecule has 0 radical (unpaired) electrons. The van der Waals surface area contributed by atoms with Crippen LogP contribution in [0.2, 0.25) is 0 Å². The summed E-state index contributed by atoms with van der Waals surface area (Å²) in [6.07, 6.45) is 0. The average Bonchev–Trinajstić information content (AvgIpc) is 3.12. The van der Waals surface area contributed by atoms with E-state index in [0.29, 0.717) is 23.2 Å². The molecular formula is C33H19Br2N3O. The normalized spacial score (nSPS) is 11.5. The molecule has 1 aliphatic heterocycles. The maximum absolute atomic E-state index is 6.73. The molecule has 1 aromatic heterocycles. The lowest BCUT2D eigenvalue weighted by molar-refractivity contribution is 0.489. The molecule has 0 saturated carbocycles. The van der Waals surface area contributed by atoms with Crippen molar-refractivity contribution in [3.8, 4) is 67.9 Å². The molecule has 1 aliphatic rings. The van der Waals surface area contributed by atoms with E-state index in [1.165, 1.54) is 0 Å². The van der Waals surface area contributed by atoms with Crippen molar-refractivity contribution >= 4 is 31.9 Å². The van der Waals surface area contributed by atoms with E-state index in [4.69, 9.17) is 19.7 Å². The van der Waals surface area contributed by atoms with Crippen LogP contribution < -0.4 is 4.74 Å². The van der Waals surface area contributed by atoms with Crippen molar-refractivity contribution in [1.29, 1.82) is 0 Å². The molecule has 6 heteroatoms. The third kappa shape index (κ3) is 4.46. The van der Waals surface area contributed by atoms with Gasteiger partial charge in [0.2, 0.25) is 0 Å². The van der Waals surface area contributed by atoms with Gasteiger partial charge in [-0.05, 0) is 41.5 Å². The number of benzene rings is 5. The fourth-order valence-electron chi connectivity index (χ4n) is 4.86. The number of halogens is 2. The van der Waals surface area contributed by atoms with E-state index < -0.39 is 0 Å². The van der Waals surface area contributed by atoms with Crippen molar-refractivity contribution in [2.75, 3.05) is 0 Å². The molecule has 186 valence electrons. The molecule has 6 aromatic rings. The van der Waals surface area contributed by atoms with Crippen molar-refractivity contribution in [3.05, 3.63) is 124 Å². The second-order valence-electron chi connectivity index (χ2n) is 9.16. The Morgan fingerprint density at radius 3 is 1.59 bits per heavy atom. The Kier molecular flexibility index (Phi) is 6.06. The Bertz CT molecular complexity index is 1800. The molecule has 5 aromatic carbocycles. The Balaban J connectivity index is 1.52. The van der Waals surface area contributed by atoms with Gasteiger partial charge in [-0.1, -0.05) is 117 Å². The van der Waals surface area contributed by atoms with Gasteiger partial charge in [-0.25, -0.2) is 15.0 Å². The summed E-state index contributed by atoms with van der Waals surface area (Å²) in [5.74, 6) is 3.22. The van der Waals surface area contributed by atoms with Gasteiger partial charge in [-0.2, -0.15) is 0 Å². The molecule has 4 nitrogen and oxygen atoms in total. The largest absolute Gasteiger partial charge is 0.455 e. The van der Waals surface area contributed by atoms with E-state index in [0.717, 1.165) is 53.6 Å². The molecule has 2 heterocycles. The maximum atomic E-state index is 6.73.